The molecule has 0 bridgehead atoms. The zero-order valence-electron chi connectivity index (χ0n) is 13.6. The molecule has 0 amide bonds. The van der Waals surface area contributed by atoms with Crippen LogP contribution in [0.5, 0.6) is 5.75 Å². The monoisotopic (exact) mass is 293 g/mol. The van der Waals surface area contributed by atoms with Gasteiger partial charge in [0.1, 0.15) is 5.75 Å². The maximum atomic E-state index is 11.0. The molecule has 0 N–H and O–H groups in total. The Morgan fingerprint density at radius 1 is 1.10 bits per heavy atom. The molecule has 0 saturated carbocycles. The lowest BCUT2D eigenvalue weighted by Gasteiger charge is -2.16. The maximum absolute atomic E-state index is 11.0. The minimum Gasteiger partial charge on any atom is -0.494 e. The Balaban J connectivity index is 2.14. The minimum atomic E-state index is -0.137. The maximum Gasteiger partial charge on any atom is 0.305 e. The molecular formula is C17H27NO3. The molecule has 0 aliphatic carbocycles. The second kappa shape index (κ2) is 9.40. The summed E-state index contributed by atoms with van der Waals surface area (Å²) in [6, 6.07) is 6.27. The van der Waals surface area contributed by atoms with Gasteiger partial charge in [0.25, 0.3) is 0 Å². The summed E-state index contributed by atoms with van der Waals surface area (Å²) in [4.78, 5) is 13.2. The zero-order valence-corrected chi connectivity index (χ0v) is 13.6. The molecule has 0 aliphatic heterocycles. The van der Waals surface area contributed by atoms with Crippen molar-refractivity contribution in [1.82, 2.24) is 4.90 Å². The zero-order chi connectivity index (χ0) is 15.7. The molecule has 1 aromatic rings. The van der Waals surface area contributed by atoms with E-state index in [1.807, 2.05) is 0 Å². The Bertz CT molecular complexity index is 425. The van der Waals surface area contributed by atoms with Crippen molar-refractivity contribution in [3.63, 3.8) is 0 Å². The average molecular weight is 293 g/mol. The van der Waals surface area contributed by atoms with Crippen molar-refractivity contribution in [2.75, 3.05) is 33.9 Å². The predicted octanol–water partition coefficient (Wildman–Crippen LogP) is 2.96. The van der Waals surface area contributed by atoms with Gasteiger partial charge in [-0.25, -0.2) is 0 Å². The van der Waals surface area contributed by atoms with Crippen LogP contribution in [-0.2, 0) is 9.53 Å². The van der Waals surface area contributed by atoms with E-state index < -0.39 is 0 Å². The predicted molar refractivity (Wildman–Crippen MR) is 84.8 cm³/mol. The molecule has 0 saturated heterocycles. The lowest BCUT2D eigenvalue weighted by molar-refractivity contribution is -0.140. The standard InChI is InChI=1S/C17H27NO3/c1-14-11-15(2)13-16(12-14)21-10-6-9-18(3)8-5-7-17(19)20-4/h11-13H,5-10H2,1-4H3. The normalized spacial score (nSPS) is 10.7. The molecule has 118 valence electrons. The van der Waals surface area contributed by atoms with Crippen molar-refractivity contribution in [2.24, 2.45) is 0 Å². The molecule has 0 aromatic heterocycles. The summed E-state index contributed by atoms with van der Waals surface area (Å²) in [7, 11) is 3.49. The van der Waals surface area contributed by atoms with Crippen LogP contribution in [0.1, 0.15) is 30.4 Å². The van der Waals surface area contributed by atoms with Crippen LogP contribution in [0.3, 0.4) is 0 Å². The van der Waals surface area contributed by atoms with Crippen molar-refractivity contribution in [3.8, 4) is 5.75 Å². The van der Waals surface area contributed by atoms with Gasteiger partial charge < -0.3 is 14.4 Å². The molecule has 0 heterocycles. The third-order valence-electron chi connectivity index (χ3n) is 3.30. The molecule has 1 rings (SSSR count). The first-order chi connectivity index (χ1) is 10.0. The van der Waals surface area contributed by atoms with Crippen LogP contribution in [0.25, 0.3) is 0 Å². The van der Waals surface area contributed by atoms with Gasteiger partial charge in [0.05, 0.1) is 13.7 Å². The van der Waals surface area contributed by atoms with Crippen LogP contribution in [0.4, 0.5) is 0 Å². The van der Waals surface area contributed by atoms with Crippen LogP contribution in [-0.4, -0.2) is 44.7 Å². The Morgan fingerprint density at radius 3 is 2.33 bits per heavy atom. The van der Waals surface area contributed by atoms with Crippen LogP contribution in [0.2, 0.25) is 0 Å². The van der Waals surface area contributed by atoms with Crippen molar-refractivity contribution >= 4 is 5.97 Å². The highest BCUT2D eigenvalue weighted by molar-refractivity contribution is 5.69. The van der Waals surface area contributed by atoms with E-state index in [0.717, 1.165) is 31.7 Å². The molecule has 4 nitrogen and oxygen atoms in total. The van der Waals surface area contributed by atoms with Crippen LogP contribution < -0.4 is 4.74 Å². The van der Waals surface area contributed by atoms with Crippen molar-refractivity contribution < 1.29 is 14.3 Å². The van der Waals surface area contributed by atoms with E-state index in [1.54, 1.807) is 0 Å². The number of hydrogen-bond acceptors (Lipinski definition) is 4. The lowest BCUT2D eigenvalue weighted by Crippen LogP contribution is -2.23. The summed E-state index contributed by atoms with van der Waals surface area (Å²) in [6.45, 7) is 6.73. The summed E-state index contributed by atoms with van der Waals surface area (Å²) < 4.78 is 10.4. The Labute approximate surface area is 128 Å². The van der Waals surface area contributed by atoms with Gasteiger partial charge in [-0.3, -0.25) is 4.79 Å². The number of rotatable bonds is 9. The SMILES string of the molecule is COC(=O)CCCN(C)CCCOc1cc(C)cc(C)c1. The van der Waals surface area contributed by atoms with Gasteiger partial charge in [-0.05, 0) is 63.5 Å². The largest absolute Gasteiger partial charge is 0.494 e. The third kappa shape index (κ3) is 7.71. The first-order valence-corrected chi connectivity index (χ1v) is 7.47. The molecule has 0 aliphatic rings. The molecule has 1 aromatic carbocycles. The minimum absolute atomic E-state index is 0.137. The fraction of sp³-hybridized carbons (Fsp3) is 0.588. The van der Waals surface area contributed by atoms with E-state index in [0.29, 0.717) is 13.0 Å². The van der Waals surface area contributed by atoms with E-state index in [2.05, 4.69) is 48.7 Å². The smallest absolute Gasteiger partial charge is 0.305 e. The van der Waals surface area contributed by atoms with Crippen LogP contribution >= 0.6 is 0 Å². The Hall–Kier alpha value is -1.55. The molecule has 0 atom stereocenters. The highest BCUT2D eigenvalue weighted by Gasteiger charge is 2.03. The van der Waals surface area contributed by atoms with Gasteiger partial charge in [0.2, 0.25) is 0 Å². The van der Waals surface area contributed by atoms with Crippen molar-refractivity contribution in [3.05, 3.63) is 29.3 Å². The Morgan fingerprint density at radius 2 is 1.71 bits per heavy atom. The number of benzene rings is 1. The van der Waals surface area contributed by atoms with Gasteiger partial charge in [0.15, 0.2) is 0 Å². The lowest BCUT2D eigenvalue weighted by atomic mass is 10.1. The highest BCUT2D eigenvalue weighted by atomic mass is 16.5. The van der Waals surface area contributed by atoms with E-state index in [4.69, 9.17) is 4.74 Å². The van der Waals surface area contributed by atoms with Crippen molar-refractivity contribution in [1.29, 1.82) is 0 Å². The van der Waals surface area contributed by atoms with Crippen LogP contribution in [0.15, 0.2) is 18.2 Å². The third-order valence-corrected chi connectivity index (χ3v) is 3.30. The number of nitrogens with zero attached hydrogens (tertiary/aromatic N) is 1. The molecule has 0 radical (unpaired) electrons. The quantitative estimate of drug-likeness (QED) is 0.518. The van der Waals surface area contributed by atoms with Gasteiger partial charge in [0, 0.05) is 13.0 Å². The number of aryl methyl sites for hydroxylation is 2. The number of methoxy groups -OCH3 is 1. The summed E-state index contributed by atoms with van der Waals surface area (Å²) in [5.74, 6) is 0.808. The molecule has 0 fully saturated rings. The summed E-state index contributed by atoms with van der Waals surface area (Å²) in [6.07, 6.45) is 2.29. The summed E-state index contributed by atoms with van der Waals surface area (Å²) >= 11 is 0. The first-order valence-electron chi connectivity index (χ1n) is 7.47. The number of esters is 1. The number of carbonyl (C=O) groups excluding carboxylic acids is 1. The number of hydrogen-bond donors (Lipinski definition) is 0. The molecule has 0 unspecified atom stereocenters. The number of ether oxygens (including phenoxy) is 2. The van der Waals surface area contributed by atoms with E-state index in [9.17, 15) is 4.79 Å². The fourth-order valence-corrected chi connectivity index (χ4v) is 2.25. The second-order valence-electron chi connectivity index (χ2n) is 5.51. The van der Waals surface area contributed by atoms with Gasteiger partial charge >= 0.3 is 5.97 Å². The summed E-state index contributed by atoms with van der Waals surface area (Å²) in [5, 5.41) is 0. The summed E-state index contributed by atoms with van der Waals surface area (Å²) in [5.41, 5.74) is 2.45. The van der Waals surface area contributed by atoms with E-state index in [-0.39, 0.29) is 5.97 Å². The van der Waals surface area contributed by atoms with Gasteiger partial charge in [-0.2, -0.15) is 0 Å². The van der Waals surface area contributed by atoms with Crippen LogP contribution in [0, 0.1) is 13.8 Å². The topological polar surface area (TPSA) is 38.8 Å². The molecular weight excluding hydrogens is 266 g/mol. The van der Waals surface area contributed by atoms with E-state index in [1.165, 1.54) is 18.2 Å². The molecule has 0 spiro atoms. The van der Waals surface area contributed by atoms with Gasteiger partial charge in [-0.1, -0.05) is 6.07 Å². The number of carbonyl (C=O) groups is 1. The first kappa shape index (κ1) is 17.5. The van der Waals surface area contributed by atoms with Gasteiger partial charge in [-0.15, -0.1) is 0 Å². The molecule has 21 heavy (non-hydrogen) atoms. The highest BCUT2D eigenvalue weighted by Crippen LogP contribution is 2.16. The molecule has 4 heteroatoms. The average Bonchev–Trinajstić information content (AvgIpc) is 2.42. The van der Waals surface area contributed by atoms with E-state index >= 15 is 0 Å². The van der Waals surface area contributed by atoms with Crippen molar-refractivity contribution in [2.45, 2.75) is 33.1 Å². The second-order valence-corrected chi connectivity index (χ2v) is 5.51. The Kier molecular flexibility index (Phi) is 7.83. The fourth-order valence-electron chi connectivity index (χ4n) is 2.25.